The first-order valence-corrected chi connectivity index (χ1v) is 6.60. The highest BCUT2D eigenvalue weighted by Crippen LogP contribution is 2.30. The maximum Gasteiger partial charge on any atom is 0.270 e. The molecule has 2 rings (SSSR count). The summed E-state index contributed by atoms with van der Waals surface area (Å²) < 4.78 is 0. The Morgan fingerprint density at radius 1 is 1.50 bits per heavy atom. The minimum Gasteiger partial charge on any atom is -0.338 e. The van der Waals surface area contributed by atoms with E-state index in [-0.39, 0.29) is 17.0 Å². The van der Waals surface area contributed by atoms with E-state index in [2.05, 4.69) is 6.92 Å². The molecule has 1 saturated heterocycles. The Labute approximate surface area is 117 Å². The molecule has 1 atom stereocenters. The van der Waals surface area contributed by atoms with Crippen molar-refractivity contribution in [1.29, 1.82) is 0 Å². The second-order valence-corrected chi connectivity index (χ2v) is 5.81. The Bertz CT molecular complexity index is 559. The maximum absolute atomic E-state index is 12.4. The average molecular weight is 277 g/mol. The van der Waals surface area contributed by atoms with Crippen LogP contribution in [0.2, 0.25) is 0 Å². The van der Waals surface area contributed by atoms with Gasteiger partial charge in [-0.15, -0.1) is 0 Å². The highest BCUT2D eigenvalue weighted by atomic mass is 16.6. The molecule has 0 spiro atoms. The van der Waals surface area contributed by atoms with Crippen molar-refractivity contribution in [1.82, 2.24) is 4.90 Å². The molecule has 0 aromatic heterocycles. The molecular formula is C14H19N3O3. The van der Waals surface area contributed by atoms with Crippen molar-refractivity contribution in [2.24, 2.45) is 11.1 Å². The van der Waals surface area contributed by atoms with Gasteiger partial charge in [0, 0.05) is 30.8 Å². The Kier molecular flexibility index (Phi) is 3.76. The lowest BCUT2D eigenvalue weighted by Crippen LogP contribution is -2.34. The minimum atomic E-state index is -0.474. The van der Waals surface area contributed by atoms with E-state index in [0.29, 0.717) is 30.8 Å². The Balaban J connectivity index is 2.24. The number of benzene rings is 1. The van der Waals surface area contributed by atoms with Crippen LogP contribution in [0.5, 0.6) is 0 Å². The van der Waals surface area contributed by atoms with Crippen LogP contribution < -0.4 is 5.73 Å². The summed E-state index contributed by atoms with van der Waals surface area (Å²) in [7, 11) is 0. The van der Waals surface area contributed by atoms with Gasteiger partial charge < -0.3 is 10.6 Å². The predicted octanol–water partition coefficient (Wildman–Crippen LogP) is 1.71. The number of nitro groups is 1. The number of nitrogens with two attached hydrogens (primary N) is 1. The molecule has 20 heavy (non-hydrogen) atoms. The van der Waals surface area contributed by atoms with Crippen LogP contribution in [0.15, 0.2) is 18.2 Å². The number of likely N-dealkylation sites (tertiary alicyclic amines) is 1. The predicted molar refractivity (Wildman–Crippen MR) is 75.5 cm³/mol. The van der Waals surface area contributed by atoms with E-state index >= 15 is 0 Å². The molecule has 1 heterocycles. The van der Waals surface area contributed by atoms with Crippen molar-refractivity contribution < 1.29 is 9.72 Å². The molecule has 1 unspecified atom stereocenters. The average Bonchev–Trinajstić information content (AvgIpc) is 2.80. The lowest BCUT2D eigenvalue weighted by atomic mass is 9.90. The summed E-state index contributed by atoms with van der Waals surface area (Å²) in [4.78, 5) is 24.6. The van der Waals surface area contributed by atoms with E-state index < -0.39 is 4.92 Å². The molecule has 0 saturated carbocycles. The summed E-state index contributed by atoms with van der Waals surface area (Å²) in [5.74, 6) is -0.158. The molecule has 1 amide bonds. The van der Waals surface area contributed by atoms with Crippen LogP contribution in [-0.4, -0.2) is 35.4 Å². The van der Waals surface area contributed by atoms with Crippen molar-refractivity contribution in [2.75, 3.05) is 19.6 Å². The third kappa shape index (κ3) is 2.80. The zero-order valence-corrected chi connectivity index (χ0v) is 11.8. The zero-order chi connectivity index (χ0) is 14.9. The molecule has 0 radical (unpaired) electrons. The van der Waals surface area contributed by atoms with Gasteiger partial charge in [0.15, 0.2) is 0 Å². The highest BCUT2D eigenvalue weighted by molar-refractivity contribution is 5.95. The first-order chi connectivity index (χ1) is 9.34. The fraction of sp³-hybridized carbons (Fsp3) is 0.500. The Morgan fingerprint density at radius 2 is 2.20 bits per heavy atom. The number of carbonyl (C=O) groups excluding carboxylic acids is 1. The van der Waals surface area contributed by atoms with Crippen LogP contribution in [0.25, 0.3) is 0 Å². The number of aryl methyl sites for hydroxylation is 1. The summed E-state index contributed by atoms with van der Waals surface area (Å²) in [5.41, 5.74) is 6.72. The van der Waals surface area contributed by atoms with E-state index in [1.54, 1.807) is 17.9 Å². The molecular weight excluding hydrogens is 258 g/mol. The molecule has 1 aromatic rings. The number of carbonyl (C=O) groups is 1. The molecule has 0 aliphatic carbocycles. The SMILES string of the molecule is Cc1cc(C(=O)N2CCC(C)(CN)C2)cc([N+](=O)[O-])c1. The van der Waals surface area contributed by atoms with Crippen LogP contribution in [-0.2, 0) is 0 Å². The van der Waals surface area contributed by atoms with Crippen LogP contribution in [0.3, 0.4) is 0 Å². The molecule has 2 N–H and O–H groups in total. The summed E-state index contributed by atoms with van der Waals surface area (Å²) in [5, 5.41) is 10.9. The van der Waals surface area contributed by atoms with Crippen LogP contribution in [0, 0.1) is 22.5 Å². The summed E-state index contributed by atoms with van der Waals surface area (Å²) in [6.07, 6.45) is 0.864. The lowest BCUT2D eigenvalue weighted by molar-refractivity contribution is -0.384. The number of nitrogens with zero attached hydrogens (tertiary/aromatic N) is 2. The summed E-state index contributed by atoms with van der Waals surface area (Å²) >= 11 is 0. The maximum atomic E-state index is 12.4. The van der Waals surface area contributed by atoms with Gasteiger partial charge in [-0.2, -0.15) is 0 Å². The molecule has 6 heteroatoms. The second-order valence-electron chi connectivity index (χ2n) is 5.81. The number of hydrogen-bond donors (Lipinski definition) is 1. The number of non-ortho nitro benzene ring substituents is 1. The summed E-state index contributed by atoms with van der Waals surface area (Å²) in [6, 6.07) is 4.49. The van der Waals surface area contributed by atoms with Crippen molar-refractivity contribution in [2.45, 2.75) is 20.3 Å². The van der Waals surface area contributed by atoms with Crippen LogP contribution >= 0.6 is 0 Å². The Hall–Kier alpha value is -1.95. The van der Waals surface area contributed by atoms with Gasteiger partial charge in [-0.05, 0) is 36.9 Å². The number of nitro benzene ring substituents is 1. The smallest absolute Gasteiger partial charge is 0.270 e. The van der Waals surface area contributed by atoms with Gasteiger partial charge in [-0.3, -0.25) is 14.9 Å². The standard InChI is InChI=1S/C14H19N3O3/c1-10-5-11(7-12(6-10)17(19)20)13(18)16-4-3-14(2,8-15)9-16/h5-7H,3-4,8-9,15H2,1-2H3. The molecule has 1 fully saturated rings. The largest absolute Gasteiger partial charge is 0.338 e. The first-order valence-electron chi connectivity index (χ1n) is 6.60. The van der Waals surface area contributed by atoms with Crippen molar-refractivity contribution >= 4 is 11.6 Å². The molecule has 1 aromatic carbocycles. The third-order valence-corrected chi connectivity index (χ3v) is 3.86. The Morgan fingerprint density at radius 3 is 2.75 bits per heavy atom. The van der Waals surface area contributed by atoms with Gasteiger partial charge in [0.2, 0.25) is 0 Å². The summed E-state index contributed by atoms with van der Waals surface area (Å²) in [6.45, 7) is 5.58. The highest BCUT2D eigenvalue weighted by Gasteiger charge is 2.35. The van der Waals surface area contributed by atoms with Crippen LogP contribution in [0.1, 0.15) is 29.3 Å². The molecule has 108 valence electrons. The van der Waals surface area contributed by atoms with Gasteiger partial charge in [0.05, 0.1) is 4.92 Å². The van der Waals surface area contributed by atoms with E-state index in [4.69, 9.17) is 5.73 Å². The third-order valence-electron chi connectivity index (χ3n) is 3.86. The van der Waals surface area contributed by atoms with Crippen LogP contribution in [0.4, 0.5) is 5.69 Å². The lowest BCUT2D eigenvalue weighted by Gasteiger charge is -2.22. The van der Waals surface area contributed by atoms with Gasteiger partial charge in [0.1, 0.15) is 0 Å². The molecule has 1 aliphatic rings. The van der Waals surface area contributed by atoms with E-state index in [1.165, 1.54) is 12.1 Å². The number of rotatable bonds is 3. The fourth-order valence-electron chi connectivity index (χ4n) is 2.54. The molecule has 6 nitrogen and oxygen atoms in total. The number of hydrogen-bond acceptors (Lipinski definition) is 4. The zero-order valence-electron chi connectivity index (χ0n) is 11.8. The van der Waals surface area contributed by atoms with Crippen molar-refractivity contribution in [3.63, 3.8) is 0 Å². The van der Waals surface area contributed by atoms with Crippen molar-refractivity contribution in [3.05, 3.63) is 39.4 Å². The monoisotopic (exact) mass is 277 g/mol. The van der Waals surface area contributed by atoms with E-state index in [1.807, 2.05) is 0 Å². The quantitative estimate of drug-likeness (QED) is 0.672. The van der Waals surface area contributed by atoms with Gasteiger partial charge in [-0.1, -0.05) is 6.92 Å². The topological polar surface area (TPSA) is 89.5 Å². The van der Waals surface area contributed by atoms with Gasteiger partial charge >= 0.3 is 0 Å². The number of amides is 1. The van der Waals surface area contributed by atoms with E-state index in [9.17, 15) is 14.9 Å². The molecule has 1 aliphatic heterocycles. The first kappa shape index (κ1) is 14.5. The van der Waals surface area contributed by atoms with E-state index in [0.717, 1.165) is 6.42 Å². The second kappa shape index (κ2) is 5.20. The minimum absolute atomic E-state index is 0.0471. The normalized spacial score (nSPS) is 22.1. The van der Waals surface area contributed by atoms with Gasteiger partial charge in [0.25, 0.3) is 11.6 Å². The van der Waals surface area contributed by atoms with Crippen molar-refractivity contribution in [3.8, 4) is 0 Å². The molecule has 0 bridgehead atoms. The van der Waals surface area contributed by atoms with Gasteiger partial charge in [-0.25, -0.2) is 0 Å². The fourth-order valence-corrected chi connectivity index (χ4v) is 2.54.